The lowest BCUT2D eigenvalue weighted by Crippen LogP contribution is -2.46. The summed E-state index contributed by atoms with van der Waals surface area (Å²) in [5.74, 6) is 1.91. The number of hydrogen-bond acceptors (Lipinski definition) is 6. The summed E-state index contributed by atoms with van der Waals surface area (Å²) in [5, 5.41) is 4.85. The highest BCUT2D eigenvalue weighted by Crippen LogP contribution is 2.34. The van der Waals surface area contributed by atoms with Crippen LogP contribution in [-0.2, 0) is 15.6 Å². The van der Waals surface area contributed by atoms with Crippen molar-refractivity contribution in [2.45, 2.75) is 0 Å². The van der Waals surface area contributed by atoms with Crippen molar-refractivity contribution in [1.82, 2.24) is 10.2 Å². The van der Waals surface area contributed by atoms with E-state index >= 15 is 0 Å². The Morgan fingerprint density at radius 3 is 2.70 bits per heavy atom. The molecule has 1 aromatic rings. The van der Waals surface area contributed by atoms with Gasteiger partial charge in [-0.2, -0.15) is 0 Å². The minimum Gasteiger partial charge on any atom is -0.454 e. The molecule has 0 spiro atoms. The number of fused-ring (bicyclic) bond motifs is 1. The second-order valence-corrected chi connectivity index (χ2v) is 6.89. The van der Waals surface area contributed by atoms with Crippen LogP contribution in [0.25, 0.3) is 0 Å². The summed E-state index contributed by atoms with van der Waals surface area (Å²) in [5.41, 5.74) is 0.507. The Morgan fingerprint density at radius 1 is 1.17 bits per heavy atom. The van der Waals surface area contributed by atoms with E-state index < -0.39 is 22.7 Å². The van der Waals surface area contributed by atoms with Gasteiger partial charge in [0.25, 0.3) is 0 Å². The van der Waals surface area contributed by atoms with Gasteiger partial charge >= 0.3 is 6.03 Å². The van der Waals surface area contributed by atoms with Gasteiger partial charge < -0.3 is 14.8 Å². The van der Waals surface area contributed by atoms with Crippen LogP contribution in [0.15, 0.2) is 18.2 Å². The fourth-order valence-corrected chi connectivity index (χ4v) is 3.47. The van der Waals surface area contributed by atoms with Gasteiger partial charge in [-0.1, -0.05) is 0 Å². The number of nitrogens with one attached hydrogen (secondary N) is 2. The molecular formula is C14H17N3O5S. The van der Waals surface area contributed by atoms with Crippen LogP contribution in [0.2, 0.25) is 0 Å². The second kappa shape index (κ2) is 6.97. The maximum Gasteiger partial charge on any atom is 0.325 e. The normalized spacial score (nSPS) is 17.7. The van der Waals surface area contributed by atoms with Gasteiger partial charge in [0.1, 0.15) is 0 Å². The third kappa shape index (κ3) is 4.20. The van der Waals surface area contributed by atoms with E-state index in [9.17, 15) is 13.8 Å². The van der Waals surface area contributed by atoms with Crippen molar-refractivity contribution in [3.63, 3.8) is 0 Å². The number of nitrogens with zero attached hydrogens (tertiary/aromatic N) is 1. The van der Waals surface area contributed by atoms with E-state index in [-0.39, 0.29) is 13.3 Å². The number of urea groups is 1. The Morgan fingerprint density at radius 2 is 1.91 bits per heavy atom. The molecule has 23 heavy (non-hydrogen) atoms. The van der Waals surface area contributed by atoms with Gasteiger partial charge in [0, 0.05) is 47.1 Å². The third-order valence-corrected chi connectivity index (χ3v) is 4.80. The third-order valence-electron chi connectivity index (χ3n) is 3.52. The van der Waals surface area contributed by atoms with Crippen molar-refractivity contribution < 1.29 is 23.3 Å². The Kier molecular flexibility index (Phi) is 4.77. The molecule has 0 unspecified atom stereocenters. The van der Waals surface area contributed by atoms with E-state index in [4.69, 9.17) is 9.47 Å². The number of rotatable bonds is 3. The van der Waals surface area contributed by atoms with Gasteiger partial charge in [-0.05, 0) is 12.1 Å². The topological polar surface area (TPSA) is 97.0 Å². The maximum atomic E-state index is 11.8. The number of hydrogen-bond donors (Lipinski definition) is 2. The van der Waals surface area contributed by atoms with Crippen LogP contribution in [0.4, 0.5) is 10.5 Å². The standard InChI is InChI=1S/C14H17N3O5S/c18-13(8-17-3-5-23(20)6-4-17)16-14(19)15-10-1-2-11-12(7-10)22-9-21-11/h1-2,7H,3-6,8-9H2,(H2,15,16,18,19). The van der Waals surface area contributed by atoms with Crippen LogP contribution in [-0.4, -0.2) is 59.0 Å². The fraction of sp³-hybridized carbons (Fsp3) is 0.429. The van der Waals surface area contributed by atoms with E-state index in [1.54, 1.807) is 18.2 Å². The number of benzene rings is 1. The van der Waals surface area contributed by atoms with Crippen LogP contribution in [0.5, 0.6) is 11.5 Å². The van der Waals surface area contributed by atoms with E-state index in [1.807, 2.05) is 4.90 Å². The number of anilines is 1. The van der Waals surface area contributed by atoms with E-state index in [2.05, 4.69) is 10.6 Å². The average molecular weight is 339 g/mol. The van der Waals surface area contributed by atoms with Gasteiger partial charge in [-0.25, -0.2) is 4.79 Å². The number of amides is 3. The minimum absolute atomic E-state index is 0.117. The van der Waals surface area contributed by atoms with Crippen molar-refractivity contribution >= 4 is 28.4 Å². The lowest BCUT2D eigenvalue weighted by atomic mass is 10.3. The first kappa shape index (κ1) is 15.8. The lowest BCUT2D eigenvalue weighted by Gasteiger charge is -2.25. The molecule has 1 saturated heterocycles. The Hall–Kier alpha value is -2.13. The van der Waals surface area contributed by atoms with Crippen molar-refractivity contribution in [2.24, 2.45) is 0 Å². The molecule has 1 aromatic carbocycles. The summed E-state index contributed by atoms with van der Waals surface area (Å²) in [6.45, 7) is 1.48. The highest BCUT2D eigenvalue weighted by molar-refractivity contribution is 7.85. The van der Waals surface area contributed by atoms with Crippen molar-refractivity contribution in [3.8, 4) is 11.5 Å². The van der Waals surface area contributed by atoms with E-state index in [0.717, 1.165) is 0 Å². The number of carbonyl (C=O) groups excluding carboxylic acids is 2. The predicted molar refractivity (Wildman–Crippen MR) is 84.0 cm³/mol. The summed E-state index contributed by atoms with van der Waals surface area (Å²) in [6.07, 6.45) is 0. The molecule has 0 atom stereocenters. The summed E-state index contributed by atoms with van der Waals surface area (Å²) >= 11 is 0. The molecule has 2 aliphatic rings. The summed E-state index contributed by atoms with van der Waals surface area (Å²) in [4.78, 5) is 25.6. The van der Waals surface area contributed by atoms with Crippen molar-refractivity contribution in [3.05, 3.63) is 18.2 Å². The Labute approximate surface area is 135 Å². The molecule has 2 aliphatic heterocycles. The predicted octanol–water partition coefficient (Wildman–Crippen LogP) is 0.128. The number of imide groups is 1. The first-order valence-electron chi connectivity index (χ1n) is 7.18. The molecule has 2 N–H and O–H groups in total. The zero-order valence-corrected chi connectivity index (χ0v) is 13.2. The Balaban J connectivity index is 1.47. The van der Waals surface area contributed by atoms with Crippen LogP contribution < -0.4 is 20.1 Å². The second-order valence-electron chi connectivity index (χ2n) is 5.19. The summed E-state index contributed by atoms with van der Waals surface area (Å²) in [6, 6.07) is 4.38. The zero-order valence-electron chi connectivity index (χ0n) is 12.4. The molecule has 0 radical (unpaired) electrons. The molecule has 1 fully saturated rings. The molecule has 0 bridgehead atoms. The summed E-state index contributed by atoms with van der Waals surface area (Å²) in [7, 11) is -0.788. The highest BCUT2D eigenvalue weighted by Gasteiger charge is 2.19. The van der Waals surface area contributed by atoms with Crippen LogP contribution in [0.3, 0.4) is 0 Å². The maximum absolute atomic E-state index is 11.8. The highest BCUT2D eigenvalue weighted by atomic mass is 32.2. The van der Waals surface area contributed by atoms with Crippen molar-refractivity contribution in [2.75, 3.05) is 43.2 Å². The molecular weight excluding hydrogens is 322 g/mol. The average Bonchev–Trinajstić information content (AvgIpc) is 2.97. The monoisotopic (exact) mass is 339 g/mol. The molecule has 0 aromatic heterocycles. The number of carbonyl (C=O) groups is 2. The molecule has 0 saturated carbocycles. The van der Waals surface area contributed by atoms with Crippen LogP contribution >= 0.6 is 0 Å². The molecule has 124 valence electrons. The van der Waals surface area contributed by atoms with Gasteiger partial charge in [-0.3, -0.25) is 19.2 Å². The molecule has 3 amide bonds. The van der Waals surface area contributed by atoms with Crippen LogP contribution in [0.1, 0.15) is 0 Å². The lowest BCUT2D eigenvalue weighted by molar-refractivity contribution is -0.121. The molecule has 3 rings (SSSR count). The molecule has 2 heterocycles. The minimum atomic E-state index is -0.788. The SMILES string of the molecule is O=C(CN1CCS(=O)CC1)NC(=O)Nc1ccc2c(c1)OCO2. The number of ether oxygens (including phenoxy) is 2. The van der Waals surface area contributed by atoms with Gasteiger partial charge in [0.05, 0.1) is 6.54 Å². The fourth-order valence-electron chi connectivity index (χ4n) is 2.34. The van der Waals surface area contributed by atoms with Crippen molar-refractivity contribution in [1.29, 1.82) is 0 Å². The zero-order chi connectivity index (χ0) is 16.2. The van der Waals surface area contributed by atoms with Gasteiger partial charge in [0.15, 0.2) is 11.5 Å². The van der Waals surface area contributed by atoms with Crippen LogP contribution in [0, 0.1) is 0 Å². The first-order chi connectivity index (χ1) is 11.1. The summed E-state index contributed by atoms with van der Waals surface area (Å²) < 4.78 is 21.7. The first-order valence-corrected chi connectivity index (χ1v) is 8.67. The van der Waals surface area contributed by atoms with Gasteiger partial charge in [-0.15, -0.1) is 0 Å². The Bertz CT molecular complexity index is 641. The van der Waals surface area contributed by atoms with Gasteiger partial charge in [0.2, 0.25) is 12.7 Å². The van der Waals surface area contributed by atoms with E-state index in [1.165, 1.54) is 0 Å². The van der Waals surface area contributed by atoms with E-state index in [0.29, 0.717) is 41.8 Å². The molecule has 9 heteroatoms. The smallest absolute Gasteiger partial charge is 0.325 e. The quantitative estimate of drug-likeness (QED) is 0.812. The molecule has 0 aliphatic carbocycles. The largest absolute Gasteiger partial charge is 0.454 e. The molecule has 8 nitrogen and oxygen atoms in total.